The molecule has 0 atom stereocenters. The first-order valence-corrected chi connectivity index (χ1v) is 11.4. The highest BCUT2D eigenvalue weighted by Gasteiger charge is 2.30. The average molecular weight is 522 g/mol. The molecule has 2 N–H and O–H groups in total. The van der Waals surface area contributed by atoms with E-state index in [9.17, 15) is 38.5 Å². The van der Waals surface area contributed by atoms with E-state index in [-0.39, 0.29) is 27.8 Å². The van der Waals surface area contributed by atoms with Crippen LogP contribution in [0.25, 0.3) is 11.1 Å². The Balaban J connectivity index is 2.29. The summed E-state index contributed by atoms with van der Waals surface area (Å²) in [6, 6.07) is 3.35. The fraction of sp³-hybridized carbons (Fsp3) is 0.150. The molecule has 15 heteroatoms. The molecule has 3 rings (SSSR count). The summed E-state index contributed by atoms with van der Waals surface area (Å²) in [5.41, 5.74) is -1.03. The zero-order chi connectivity index (χ0) is 26.2. The normalized spacial score (nSPS) is 11.2. The molecule has 1 heterocycles. The van der Waals surface area contributed by atoms with Crippen LogP contribution in [-0.4, -0.2) is 39.3 Å². The number of halogens is 1. The molecule has 182 valence electrons. The van der Waals surface area contributed by atoms with Crippen LogP contribution < -0.4 is 4.72 Å². The Labute approximate surface area is 202 Å². The molecule has 0 saturated heterocycles. The van der Waals surface area contributed by atoms with Crippen LogP contribution in [0.1, 0.15) is 27.0 Å². The van der Waals surface area contributed by atoms with Gasteiger partial charge >= 0.3 is 11.8 Å². The molecule has 0 saturated carbocycles. The van der Waals surface area contributed by atoms with Crippen molar-refractivity contribution in [3.05, 3.63) is 78.2 Å². The van der Waals surface area contributed by atoms with E-state index < -0.39 is 58.5 Å². The third kappa shape index (κ3) is 4.74. The molecule has 3 aromatic rings. The molecule has 0 spiro atoms. The average Bonchev–Trinajstić information content (AvgIpc) is 2.76. The Morgan fingerprint density at radius 2 is 1.71 bits per heavy atom. The van der Waals surface area contributed by atoms with E-state index in [2.05, 4.69) is 14.7 Å². The molecule has 13 nitrogen and oxygen atoms in total. The Hall–Kier alpha value is -4.17. The third-order valence-corrected chi connectivity index (χ3v) is 7.06. The molecule has 0 unspecified atom stereocenters. The summed E-state index contributed by atoms with van der Waals surface area (Å²) < 4.78 is 28.5. The van der Waals surface area contributed by atoms with Crippen LogP contribution in [0, 0.1) is 41.0 Å². The predicted molar refractivity (Wildman–Crippen MR) is 124 cm³/mol. The molecule has 0 aliphatic carbocycles. The van der Waals surface area contributed by atoms with Crippen molar-refractivity contribution in [3.8, 4) is 11.1 Å². The van der Waals surface area contributed by atoms with Crippen molar-refractivity contribution in [2.45, 2.75) is 25.7 Å². The van der Waals surface area contributed by atoms with Crippen molar-refractivity contribution in [3.63, 3.8) is 0 Å². The highest BCUT2D eigenvalue weighted by atomic mass is 35.5. The van der Waals surface area contributed by atoms with Gasteiger partial charge in [-0.3, -0.25) is 14.8 Å². The number of sulfonamides is 1. The number of rotatable bonds is 7. The Bertz CT molecular complexity index is 1520. The monoisotopic (exact) mass is 521 g/mol. The zero-order valence-electron chi connectivity index (χ0n) is 18.3. The second-order valence-corrected chi connectivity index (χ2v) is 9.41. The molecular weight excluding hydrogens is 506 g/mol. The lowest BCUT2D eigenvalue weighted by molar-refractivity contribution is -0.388. The molecular formula is C20H16ClN5O8S. The number of aryl methyl sites for hydroxylation is 1. The maximum absolute atomic E-state index is 13.2. The number of carbonyl (C=O) groups is 1. The van der Waals surface area contributed by atoms with E-state index in [1.807, 2.05) is 0 Å². The standard InChI is InChI=1S/C20H16ClN5O8S/c1-9-4-13(20(27)28)17(21)16(5-9)35(33,34)24-15-6-12(10(2)11(3)18(15)25(29)30)14-7-22-8-23-19(14)26(31)32/h4-8,24H,1-3H3,(H,27,28). The molecule has 35 heavy (non-hydrogen) atoms. The zero-order valence-corrected chi connectivity index (χ0v) is 19.8. The maximum atomic E-state index is 13.2. The van der Waals surface area contributed by atoms with Gasteiger partial charge in [0, 0.05) is 11.8 Å². The molecule has 0 fully saturated rings. The van der Waals surface area contributed by atoms with E-state index in [0.29, 0.717) is 0 Å². The number of nitro benzene ring substituents is 1. The maximum Gasteiger partial charge on any atom is 0.374 e. The van der Waals surface area contributed by atoms with Gasteiger partial charge in [0.2, 0.25) is 6.33 Å². The van der Waals surface area contributed by atoms with E-state index >= 15 is 0 Å². The van der Waals surface area contributed by atoms with Crippen LogP contribution in [-0.2, 0) is 10.0 Å². The number of nitrogens with zero attached hydrogens (tertiary/aromatic N) is 4. The van der Waals surface area contributed by atoms with Crippen molar-refractivity contribution in [2.24, 2.45) is 0 Å². The third-order valence-electron chi connectivity index (χ3n) is 5.15. The van der Waals surface area contributed by atoms with Gasteiger partial charge in [0.1, 0.15) is 10.6 Å². The number of nitro groups is 2. The molecule has 0 bridgehead atoms. The number of nitrogens with one attached hydrogen (secondary N) is 1. The van der Waals surface area contributed by atoms with E-state index in [4.69, 9.17) is 11.6 Å². The summed E-state index contributed by atoms with van der Waals surface area (Å²) in [6.07, 6.45) is 2.09. The summed E-state index contributed by atoms with van der Waals surface area (Å²) >= 11 is 6.04. The molecule has 0 aliphatic heterocycles. The predicted octanol–water partition coefficient (Wildman–Crippen LogP) is 4.04. The number of aromatic nitrogens is 2. The van der Waals surface area contributed by atoms with Gasteiger partial charge in [-0.2, -0.15) is 0 Å². The van der Waals surface area contributed by atoms with Crippen molar-refractivity contribution >= 4 is 44.8 Å². The van der Waals surface area contributed by atoms with E-state index in [1.165, 1.54) is 26.8 Å². The highest BCUT2D eigenvalue weighted by molar-refractivity contribution is 7.92. The van der Waals surface area contributed by atoms with E-state index in [0.717, 1.165) is 24.7 Å². The number of benzene rings is 2. The van der Waals surface area contributed by atoms with Crippen LogP contribution in [0.5, 0.6) is 0 Å². The molecule has 0 aliphatic rings. The van der Waals surface area contributed by atoms with Crippen LogP contribution in [0.2, 0.25) is 5.02 Å². The molecule has 0 radical (unpaired) electrons. The Morgan fingerprint density at radius 1 is 1.06 bits per heavy atom. The van der Waals surface area contributed by atoms with Crippen LogP contribution >= 0.6 is 11.6 Å². The smallest absolute Gasteiger partial charge is 0.374 e. The first kappa shape index (κ1) is 25.5. The summed E-state index contributed by atoms with van der Waals surface area (Å²) in [5, 5.41) is 32.0. The Kier molecular flexibility index (Phi) is 6.71. The van der Waals surface area contributed by atoms with Crippen LogP contribution in [0.15, 0.2) is 35.6 Å². The van der Waals surface area contributed by atoms with Crippen molar-refractivity contribution in [2.75, 3.05) is 4.72 Å². The van der Waals surface area contributed by atoms with E-state index in [1.54, 1.807) is 0 Å². The second-order valence-electron chi connectivity index (χ2n) is 7.38. The molecule has 0 amide bonds. The largest absolute Gasteiger partial charge is 0.478 e. The first-order valence-electron chi connectivity index (χ1n) is 9.55. The summed E-state index contributed by atoms with van der Waals surface area (Å²) in [5.74, 6) is -2.05. The van der Waals surface area contributed by atoms with Gasteiger partial charge < -0.3 is 15.2 Å². The number of aromatic carboxylic acids is 1. The number of hydrogen-bond acceptors (Lipinski definition) is 9. The highest BCUT2D eigenvalue weighted by Crippen LogP contribution is 2.41. The summed E-state index contributed by atoms with van der Waals surface area (Å²) in [4.78, 5) is 40.0. The summed E-state index contributed by atoms with van der Waals surface area (Å²) in [6.45, 7) is 4.28. The fourth-order valence-electron chi connectivity index (χ4n) is 3.44. The van der Waals surface area contributed by atoms with Gasteiger partial charge in [0.15, 0.2) is 0 Å². The fourth-order valence-corrected chi connectivity index (χ4v) is 5.18. The minimum Gasteiger partial charge on any atom is -0.478 e. The second kappa shape index (κ2) is 9.23. The van der Waals surface area contributed by atoms with Gasteiger partial charge in [0.05, 0.1) is 21.1 Å². The van der Waals surface area contributed by atoms with Gasteiger partial charge in [-0.15, -0.1) is 0 Å². The van der Waals surface area contributed by atoms with Gasteiger partial charge in [-0.1, -0.05) is 11.6 Å². The number of carboxylic acid groups (broad SMARTS) is 1. The van der Waals surface area contributed by atoms with Crippen LogP contribution in [0.3, 0.4) is 0 Å². The SMILES string of the molecule is Cc1cc(C(=O)O)c(Cl)c(S(=O)(=O)Nc2cc(-c3cncnc3[N+](=O)[O-])c(C)c(C)c2[N+](=O)[O-])c1. The van der Waals surface area contributed by atoms with Crippen molar-refractivity contribution in [1.29, 1.82) is 0 Å². The molecule has 1 aromatic heterocycles. The number of carboxylic acids is 1. The van der Waals surface area contributed by atoms with Gasteiger partial charge in [-0.05, 0) is 65.6 Å². The quantitative estimate of drug-likeness (QED) is 0.338. The lowest BCUT2D eigenvalue weighted by Gasteiger charge is -2.16. The van der Waals surface area contributed by atoms with Gasteiger partial charge in [-0.25, -0.2) is 18.2 Å². The lowest BCUT2D eigenvalue weighted by Crippen LogP contribution is -2.17. The van der Waals surface area contributed by atoms with Crippen molar-refractivity contribution in [1.82, 2.24) is 9.97 Å². The van der Waals surface area contributed by atoms with Crippen LogP contribution in [0.4, 0.5) is 17.2 Å². The van der Waals surface area contributed by atoms with Crippen molar-refractivity contribution < 1.29 is 28.2 Å². The topological polar surface area (TPSA) is 196 Å². The lowest BCUT2D eigenvalue weighted by atomic mass is 9.95. The minimum absolute atomic E-state index is 0.0323. The minimum atomic E-state index is -4.65. The first-order chi connectivity index (χ1) is 16.3. The molecule has 2 aromatic carbocycles. The Morgan fingerprint density at radius 3 is 2.29 bits per heavy atom. The summed E-state index contributed by atoms with van der Waals surface area (Å²) in [7, 11) is -4.65. The van der Waals surface area contributed by atoms with Gasteiger partial charge in [0.25, 0.3) is 15.7 Å². The number of hydrogen-bond donors (Lipinski definition) is 2. The number of anilines is 1.